The number of carbonyl (C=O) groups excluding carboxylic acids is 1. The minimum atomic E-state index is -5.05. The number of anilines is 1. The molecule has 0 bridgehead atoms. The van der Waals surface area contributed by atoms with Gasteiger partial charge < -0.3 is 5.32 Å². The van der Waals surface area contributed by atoms with E-state index < -0.39 is 51.0 Å². The highest BCUT2D eigenvalue weighted by atomic mass is 32.2. The van der Waals surface area contributed by atoms with Gasteiger partial charge in [0.1, 0.15) is 6.04 Å². The Kier molecular flexibility index (Phi) is 6.57. The van der Waals surface area contributed by atoms with Crippen LogP contribution in [-0.4, -0.2) is 43.8 Å². The van der Waals surface area contributed by atoms with Gasteiger partial charge in [-0.05, 0) is 23.8 Å². The molecule has 0 saturated carbocycles. The van der Waals surface area contributed by atoms with Crippen LogP contribution >= 0.6 is 0 Å². The Morgan fingerprint density at radius 3 is 1.84 bits per heavy atom. The van der Waals surface area contributed by atoms with Crippen LogP contribution in [0.2, 0.25) is 0 Å². The summed E-state index contributed by atoms with van der Waals surface area (Å²) in [6.45, 7) is -0.0165. The van der Waals surface area contributed by atoms with E-state index in [0.29, 0.717) is 17.7 Å². The number of nitrogens with one attached hydrogen (secondary N) is 1. The number of halogens is 6. The first-order valence-corrected chi connectivity index (χ1v) is 11.2. The van der Waals surface area contributed by atoms with Gasteiger partial charge in [0.15, 0.2) is 9.84 Å². The van der Waals surface area contributed by atoms with Crippen LogP contribution in [0.5, 0.6) is 0 Å². The first-order chi connectivity index (χ1) is 14.8. The second-order valence-corrected chi connectivity index (χ2v) is 9.59. The first-order valence-electron chi connectivity index (χ1n) is 9.36. The van der Waals surface area contributed by atoms with Gasteiger partial charge in [0.2, 0.25) is 5.91 Å². The Labute approximate surface area is 179 Å². The number of amides is 1. The van der Waals surface area contributed by atoms with E-state index in [1.807, 2.05) is 0 Å². The molecule has 12 heteroatoms. The zero-order chi connectivity index (χ0) is 23.7. The van der Waals surface area contributed by atoms with Crippen molar-refractivity contribution >= 4 is 21.4 Å². The molecular formula is C20H18F6N2O3S. The molecular weight excluding hydrogens is 462 g/mol. The summed E-state index contributed by atoms with van der Waals surface area (Å²) in [6, 6.07) is 7.76. The van der Waals surface area contributed by atoms with Crippen LogP contribution in [0.4, 0.5) is 32.0 Å². The number of sulfone groups is 1. The van der Waals surface area contributed by atoms with Crippen LogP contribution in [0.25, 0.3) is 0 Å². The van der Waals surface area contributed by atoms with Crippen LogP contribution < -0.4 is 5.32 Å². The maximum atomic E-state index is 13.1. The second kappa shape index (κ2) is 8.74. The number of rotatable bonds is 4. The highest BCUT2D eigenvalue weighted by Crippen LogP contribution is 2.38. The van der Waals surface area contributed by atoms with E-state index in [0.717, 1.165) is 0 Å². The molecule has 1 amide bonds. The number of hydrogen-bond acceptors (Lipinski definition) is 4. The molecule has 1 atom stereocenters. The van der Waals surface area contributed by atoms with Crippen LogP contribution in [0.1, 0.15) is 22.7 Å². The van der Waals surface area contributed by atoms with Crippen LogP contribution in [0, 0.1) is 0 Å². The molecule has 5 nitrogen and oxygen atoms in total. The summed E-state index contributed by atoms with van der Waals surface area (Å²) >= 11 is 0. The third kappa shape index (κ3) is 5.80. The predicted octanol–water partition coefficient (Wildman–Crippen LogP) is 4.13. The Balaban J connectivity index is 1.96. The minimum Gasteiger partial charge on any atom is -0.324 e. The van der Waals surface area contributed by atoms with E-state index in [1.165, 1.54) is 4.90 Å². The van der Waals surface area contributed by atoms with E-state index in [9.17, 15) is 39.6 Å². The summed E-state index contributed by atoms with van der Waals surface area (Å²) in [5, 5.41) is 2.15. The molecule has 174 valence electrons. The summed E-state index contributed by atoms with van der Waals surface area (Å²) in [6.07, 6.45) is -10.1. The van der Waals surface area contributed by atoms with E-state index in [-0.39, 0.29) is 30.7 Å². The van der Waals surface area contributed by atoms with E-state index in [4.69, 9.17) is 0 Å². The molecule has 3 rings (SSSR count). The maximum absolute atomic E-state index is 13.1. The largest absolute Gasteiger partial charge is 0.416 e. The minimum absolute atomic E-state index is 0.00823. The lowest BCUT2D eigenvalue weighted by Crippen LogP contribution is -2.46. The maximum Gasteiger partial charge on any atom is 0.416 e. The molecule has 0 aliphatic carbocycles. The second-order valence-electron chi connectivity index (χ2n) is 7.28. The molecule has 32 heavy (non-hydrogen) atoms. The predicted molar refractivity (Wildman–Crippen MR) is 104 cm³/mol. The summed E-state index contributed by atoms with van der Waals surface area (Å²) in [4.78, 5) is 14.6. The van der Waals surface area contributed by atoms with Crippen LogP contribution in [-0.2, 0) is 27.0 Å². The highest BCUT2D eigenvalue weighted by molar-refractivity contribution is 7.91. The fourth-order valence-electron chi connectivity index (χ4n) is 3.39. The standard InChI is InChI=1S/C20H18F6N2O3S/c21-19(22,23)14-10-15(20(24,25)26)12-16(11-14)27-18(29)17(13-4-2-1-3-5-13)28-6-8-32(30,31)9-7-28/h1-5,10-12,17H,6-9H2,(H,27,29). The molecule has 1 N–H and O–H groups in total. The van der Waals surface area contributed by atoms with Crippen molar-refractivity contribution in [2.24, 2.45) is 0 Å². The van der Waals surface area contributed by atoms with Gasteiger partial charge in [-0.15, -0.1) is 0 Å². The molecule has 1 unspecified atom stereocenters. The quantitative estimate of drug-likeness (QED) is 0.669. The molecule has 0 aromatic heterocycles. The topological polar surface area (TPSA) is 66.5 Å². The molecule has 0 radical (unpaired) electrons. The van der Waals surface area contributed by atoms with Crippen molar-refractivity contribution in [1.82, 2.24) is 4.90 Å². The fourth-order valence-corrected chi connectivity index (χ4v) is 4.62. The molecule has 2 aromatic carbocycles. The number of carbonyl (C=O) groups is 1. The van der Waals surface area contributed by atoms with Gasteiger partial charge in [-0.3, -0.25) is 9.69 Å². The third-order valence-corrected chi connectivity index (χ3v) is 6.57. The normalized spacial score (nSPS) is 18.2. The van der Waals surface area contributed by atoms with Gasteiger partial charge in [0.25, 0.3) is 0 Å². The van der Waals surface area contributed by atoms with Crippen molar-refractivity contribution in [1.29, 1.82) is 0 Å². The lowest BCUT2D eigenvalue weighted by Gasteiger charge is -2.33. The van der Waals surface area contributed by atoms with E-state index >= 15 is 0 Å². The van der Waals surface area contributed by atoms with Crippen LogP contribution in [0.15, 0.2) is 48.5 Å². The monoisotopic (exact) mass is 480 g/mol. The van der Waals surface area contributed by atoms with Gasteiger partial charge in [0.05, 0.1) is 22.6 Å². The molecule has 2 aromatic rings. The van der Waals surface area contributed by atoms with Crippen LogP contribution in [0.3, 0.4) is 0 Å². The summed E-state index contributed by atoms with van der Waals surface area (Å²) in [5.74, 6) is -1.31. The average molecular weight is 480 g/mol. The molecule has 1 aliphatic rings. The van der Waals surface area contributed by atoms with Crippen molar-refractivity contribution in [2.75, 3.05) is 29.9 Å². The van der Waals surface area contributed by atoms with Crippen molar-refractivity contribution in [3.8, 4) is 0 Å². The summed E-state index contributed by atoms with van der Waals surface area (Å²) in [7, 11) is -3.28. The van der Waals surface area contributed by atoms with Gasteiger partial charge >= 0.3 is 12.4 Å². The third-order valence-electron chi connectivity index (χ3n) is 4.96. The Bertz CT molecular complexity index is 1040. The Hall–Kier alpha value is -2.60. The molecule has 1 heterocycles. The fraction of sp³-hybridized carbons (Fsp3) is 0.350. The van der Waals surface area contributed by atoms with Gasteiger partial charge in [0, 0.05) is 18.8 Å². The number of hydrogen-bond donors (Lipinski definition) is 1. The molecule has 1 aliphatic heterocycles. The lowest BCUT2D eigenvalue weighted by atomic mass is 10.0. The van der Waals surface area contributed by atoms with Crippen molar-refractivity contribution in [3.05, 3.63) is 65.2 Å². The van der Waals surface area contributed by atoms with Gasteiger partial charge in [-0.25, -0.2) is 8.42 Å². The van der Waals surface area contributed by atoms with Gasteiger partial charge in [-0.1, -0.05) is 30.3 Å². The lowest BCUT2D eigenvalue weighted by molar-refractivity contribution is -0.143. The van der Waals surface area contributed by atoms with Gasteiger partial charge in [-0.2, -0.15) is 26.3 Å². The zero-order valence-corrected chi connectivity index (χ0v) is 17.2. The molecule has 0 spiro atoms. The molecule has 1 fully saturated rings. The average Bonchev–Trinajstić information content (AvgIpc) is 2.69. The Morgan fingerprint density at radius 2 is 1.38 bits per heavy atom. The van der Waals surface area contributed by atoms with Crippen molar-refractivity contribution in [3.63, 3.8) is 0 Å². The SMILES string of the molecule is O=C(Nc1cc(C(F)(F)F)cc(C(F)(F)F)c1)C(c1ccccc1)N1CCS(=O)(=O)CC1. The first kappa shape index (κ1) is 24.1. The number of alkyl halides is 6. The molecule has 1 saturated heterocycles. The smallest absolute Gasteiger partial charge is 0.324 e. The van der Waals surface area contributed by atoms with E-state index in [1.54, 1.807) is 30.3 Å². The van der Waals surface area contributed by atoms with E-state index in [2.05, 4.69) is 5.32 Å². The summed E-state index contributed by atoms with van der Waals surface area (Å²) in [5.41, 5.74) is -3.35. The van der Waals surface area contributed by atoms with Crippen molar-refractivity contribution in [2.45, 2.75) is 18.4 Å². The number of nitrogens with zero attached hydrogens (tertiary/aromatic N) is 1. The number of benzene rings is 2. The van der Waals surface area contributed by atoms with Crippen molar-refractivity contribution < 1.29 is 39.6 Å². The Morgan fingerprint density at radius 1 is 0.875 bits per heavy atom. The summed E-state index contributed by atoms with van der Waals surface area (Å²) < 4.78 is 102. The zero-order valence-electron chi connectivity index (χ0n) is 16.4. The highest BCUT2D eigenvalue weighted by Gasteiger charge is 2.38.